The lowest BCUT2D eigenvalue weighted by Crippen LogP contribution is -2.23. The van der Waals surface area contributed by atoms with Crippen molar-refractivity contribution in [1.82, 2.24) is 4.98 Å². The molecule has 1 aromatic carbocycles. The Morgan fingerprint density at radius 2 is 1.93 bits per heavy atom. The van der Waals surface area contributed by atoms with Crippen LogP contribution in [0, 0.1) is 0 Å². The van der Waals surface area contributed by atoms with Crippen molar-refractivity contribution in [2.45, 2.75) is 50.1 Å². The molecule has 0 spiro atoms. The number of rotatable bonds is 6. The molecule has 1 N–H and O–H groups in total. The van der Waals surface area contributed by atoms with Crippen molar-refractivity contribution in [3.05, 3.63) is 63.9 Å². The fraction of sp³-hybridized carbons (Fsp3) is 0.381. The minimum Gasteiger partial charge on any atom is -0.481 e. The average Bonchev–Trinajstić information content (AvgIpc) is 2.66. The molecule has 29 heavy (non-hydrogen) atoms. The van der Waals surface area contributed by atoms with Crippen molar-refractivity contribution < 1.29 is 27.9 Å². The van der Waals surface area contributed by atoms with Crippen LogP contribution in [0.2, 0.25) is 5.02 Å². The van der Waals surface area contributed by atoms with Crippen molar-refractivity contribution in [2.24, 2.45) is 0 Å². The van der Waals surface area contributed by atoms with Gasteiger partial charge in [0, 0.05) is 30.1 Å². The molecule has 0 fully saturated rings. The summed E-state index contributed by atoms with van der Waals surface area (Å²) in [6, 6.07) is 7.16. The van der Waals surface area contributed by atoms with Crippen LogP contribution >= 0.6 is 11.6 Å². The second kappa shape index (κ2) is 8.53. The van der Waals surface area contributed by atoms with E-state index in [2.05, 4.69) is 4.98 Å². The number of carbonyl (C=O) groups is 2. The Labute approximate surface area is 170 Å². The minimum atomic E-state index is -4.55. The zero-order valence-electron chi connectivity index (χ0n) is 15.4. The number of benzene rings is 1. The quantitative estimate of drug-likeness (QED) is 0.673. The van der Waals surface area contributed by atoms with Gasteiger partial charge in [0.25, 0.3) is 0 Å². The molecule has 1 aliphatic carbocycles. The number of ketones is 1. The molecule has 0 bridgehead atoms. The fourth-order valence-corrected chi connectivity index (χ4v) is 4.22. The van der Waals surface area contributed by atoms with Crippen LogP contribution in [0.4, 0.5) is 13.2 Å². The van der Waals surface area contributed by atoms with Gasteiger partial charge in [-0.05, 0) is 42.5 Å². The summed E-state index contributed by atoms with van der Waals surface area (Å²) in [6.45, 7) is 0. The lowest BCUT2D eigenvalue weighted by Gasteiger charge is -2.29. The second-order valence-corrected chi connectivity index (χ2v) is 7.52. The topological polar surface area (TPSA) is 67.3 Å². The van der Waals surface area contributed by atoms with E-state index < -0.39 is 23.6 Å². The van der Waals surface area contributed by atoms with Crippen molar-refractivity contribution in [2.75, 3.05) is 0 Å². The van der Waals surface area contributed by atoms with Gasteiger partial charge in [0.1, 0.15) is 5.78 Å². The van der Waals surface area contributed by atoms with Crippen LogP contribution in [0.1, 0.15) is 59.9 Å². The lowest BCUT2D eigenvalue weighted by molar-refractivity contribution is -0.138. The largest absolute Gasteiger partial charge is 0.481 e. The SMILES string of the molecule is O=C(O)CC1CCC(C(=O)CCc2cccc(C(F)(F)F)c2Cl)c2cccnc21. The van der Waals surface area contributed by atoms with Gasteiger partial charge in [-0.2, -0.15) is 13.2 Å². The normalized spacial score (nSPS) is 18.9. The van der Waals surface area contributed by atoms with Gasteiger partial charge in [0.15, 0.2) is 0 Å². The van der Waals surface area contributed by atoms with Crippen LogP contribution in [-0.2, 0) is 22.2 Å². The van der Waals surface area contributed by atoms with Crippen LogP contribution < -0.4 is 0 Å². The van der Waals surface area contributed by atoms with E-state index in [1.165, 1.54) is 12.1 Å². The van der Waals surface area contributed by atoms with Gasteiger partial charge in [0.2, 0.25) is 0 Å². The number of nitrogens with zero attached hydrogens (tertiary/aromatic N) is 1. The Morgan fingerprint density at radius 3 is 2.62 bits per heavy atom. The summed E-state index contributed by atoms with van der Waals surface area (Å²) in [6.07, 6.45) is -1.86. The maximum absolute atomic E-state index is 13.0. The third kappa shape index (κ3) is 4.78. The number of Topliss-reactive ketones (excluding diaryl/α,β-unsaturated/α-hetero) is 1. The van der Waals surface area contributed by atoms with Gasteiger partial charge in [0.05, 0.1) is 17.0 Å². The first-order valence-corrected chi connectivity index (χ1v) is 9.60. The summed E-state index contributed by atoms with van der Waals surface area (Å²) in [4.78, 5) is 28.2. The molecule has 154 valence electrons. The molecule has 1 aromatic heterocycles. The number of hydrogen-bond acceptors (Lipinski definition) is 3. The Bertz CT molecular complexity index is 930. The number of aryl methyl sites for hydroxylation is 1. The number of carbonyl (C=O) groups excluding carboxylic acids is 1. The molecular formula is C21H19ClF3NO3. The molecule has 0 amide bonds. The van der Waals surface area contributed by atoms with E-state index in [0.29, 0.717) is 24.1 Å². The first-order valence-electron chi connectivity index (χ1n) is 9.22. The van der Waals surface area contributed by atoms with Crippen LogP contribution in [0.5, 0.6) is 0 Å². The molecule has 0 aliphatic heterocycles. The van der Waals surface area contributed by atoms with Gasteiger partial charge in [-0.15, -0.1) is 0 Å². The summed E-state index contributed by atoms with van der Waals surface area (Å²) in [5.41, 5.74) is 0.704. The van der Waals surface area contributed by atoms with Gasteiger partial charge >= 0.3 is 12.1 Å². The third-order valence-electron chi connectivity index (χ3n) is 5.27. The summed E-state index contributed by atoms with van der Waals surface area (Å²) >= 11 is 5.91. The van der Waals surface area contributed by atoms with Crippen LogP contribution in [-0.4, -0.2) is 21.8 Å². The molecule has 2 unspecified atom stereocenters. The number of aliphatic carboxylic acids is 1. The maximum Gasteiger partial charge on any atom is 0.417 e. The van der Waals surface area contributed by atoms with E-state index in [1.807, 2.05) is 0 Å². The lowest BCUT2D eigenvalue weighted by atomic mass is 9.75. The molecule has 0 saturated carbocycles. The van der Waals surface area contributed by atoms with Crippen LogP contribution in [0.15, 0.2) is 36.5 Å². The molecular weight excluding hydrogens is 407 g/mol. The highest BCUT2D eigenvalue weighted by Crippen LogP contribution is 2.41. The Kier molecular flexibility index (Phi) is 6.27. The molecule has 3 rings (SSSR count). The summed E-state index contributed by atoms with van der Waals surface area (Å²) in [7, 11) is 0. The van der Waals surface area contributed by atoms with Crippen molar-refractivity contribution >= 4 is 23.4 Å². The number of aromatic nitrogens is 1. The third-order valence-corrected chi connectivity index (χ3v) is 5.72. The monoisotopic (exact) mass is 425 g/mol. The highest BCUT2D eigenvalue weighted by atomic mass is 35.5. The summed E-state index contributed by atoms with van der Waals surface area (Å²) in [5.74, 6) is -1.71. The number of halogens is 4. The fourth-order valence-electron chi connectivity index (χ4n) is 3.89. The molecule has 0 radical (unpaired) electrons. The number of pyridine rings is 1. The predicted octanol–water partition coefficient (Wildman–Crippen LogP) is 5.39. The van der Waals surface area contributed by atoms with Gasteiger partial charge in [-0.3, -0.25) is 14.6 Å². The minimum absolute atomic E-state index is 0.0453. The van der Waals surface area contributed by atoms with Crippen molar-refractivity contribution in [3.63, 3.8) is 0 Å². The number of fused-ring (bicyclic) bond motifs is 1. The molecule has 1 heterocycles. The van der Waals surface area contributed by atoms with E-state index in [4.69, 9.17) is 16.7 Å². The number of alkyl halides is 3. The van der Waals surface area contributed by atoms with Crippen LogP contribution in [0.3, 0.4) is 0 Å². The highest BCUT2D eigenvalue weighted by Gasteiger charge is 2.35. The first-order chi connectivity index (χ1) is 13.7. The summed E-state index contributed by atoms with van der Waals surface area (Å²) in [5, 5.41) is 8.72. The van der Waals surface area contributed by atoms with Crippen molar-refractivity contribution in [1.29, 1.82) is 0 Å². The van der Waals surface area contributed by atoms with E-state index in [0.717, 1.165) is 6.07 Å². The molecule has 4 nitrogen and oxygen atoms in total. The Morgan fingerprint density at radius 1 is 1.17 bits per heavy atom. The predicted molar refractivity (Wildman–Crippen MR) is 101 cm³/mol. The molecule has 0 saturated heterocycles. The Hall–Kier alpha value is -2.41. The zero-order chi connectivity index (χ0) is 21.2. The van der Waals surface area contributed by atoms with E-state index in [-0.39, 0.29) is 41.5 Å². The zero-order valence-corrected chi connectivity index (χ0v) is 16.1. The average molecular weight is 426 g/mol. The molecule has 8 heteroatoms. The van der Waals surface area contributed by atoms with Crippen LogP contribution in [0.25, 0.3) is 0 Å². The number of hydrogen-bond donors (Lipinski definition) is 1. The van der Waals surface area contributed by atoms with Gasteiger partial charge in [-0.25, -0.2) is 0 Å². The maximum atomic E-state index is 13.0. The van der Waals surface area contributed by atoms with Gasteiger partial charge < -0.3 is 5.11 Å². The van der Waals surface area contributed by atoms with Gasteiger partial charge in [-0.1, -0.05) is 29.8 Å². The molecule has 2 aromatic rings. The van der Waals surface area contributed by atoms with Crippen molar-refractivity contribution in [3.8, 4) is 0 Å². The van der Waals surface area contributed by atoms with E-state index >= 15 is 0 Å². The smallest absolute Gasteiger partial charge is 0.417 e. The standard InChI is InChI=1S/C21H19ClF3NO3/c22-19-12(3-1-5-16(19)21(23,24)25)7-9-17(27)14-8-6-13(11-18(28)29)20-15(14)4-2-10-26-20/h1-5,10,13-14H,6-9,11H2,(H,28,29). The number of carboxylic acids is 1. The Balaban J connectivity index is 1.76. The second-order valence-electron chi connectivity index (χ2n) is 7.15. The molecule has 2 atom stereocenters. The summed E-state index contributed by atoms with van der Waals surface area (Å²) < 4.78 is 39.0. The van der Waals surface area contributed by atoms with E-state index in [9.17, 15) is 22.8 Å². The first kappa shape index (κ1) is 21.3. The molecule has 1 aliphatic rings. The van der Waals surface area contributed by atoms with E-state index in [1.54, 1.807) is 18.3 Å². The number of carboxylic acid groups (broad SMARTS) is 1. The highest BCUT2D eigenvalue weighted by molar-refractivity contribution is 6.32.